The van der Waals surface area contributed by atoms with Crippen LogP contribution in [0.4, 0.5) is 0 Å². The van der Waals surface area contributed by atoms with Crippen molar-refractivity contribution in [3.05, 3.63) is 11.6 Å². The lowest BCUT2D eigenvalue weighted by molar-refractivity contribution is -0.139. The topological polar surface area (TPSA) is 43.4 Å². The molecule has 0 bridgehead atoms. The smallest absolute Gasteiger partial charge is 0.341 e. The Kier molecular flexibility index (Phi) is 5.37. The molecule has 0 N–H and O–H groups in total. The average Bonchev–Trinajstić information content (AvgIpc) is 2.06. The third-order valence-electron chi connectivity index (χ3n) is 1.21. The fraction of sp³-hybridized carbons (Fsp3) is 0.500. The van der Waals surface area contributed by atoms with Gasteiger partial charge in [-0.2, -0.15) is 0 Å². The Morgan fingerprint density at radius 2 is 2.08 bits per heavy atom. The summed E-state index contributed by atoms with van der Waals surface area (Å²) >= 11 is 5.27. The molecule has 0 saturated carbocycles. The molecule has 0 saturated heterocycles. The van der Waals surface area contributed by atoms with Crippen molar-refractivity contribution < 1.29 is 14.3 Å². The SMILES string of the molecule is C/C=C(/C(=O)CCl)C(=O)OCC. The van der Waals surface area contributed by atoms with Gasteiger partial charge in [0.15, 0.2) is 5.78 Å². The number of halogens is 1. The Bertz CT molecular complexity index is 208. The van der Waals surface area contributed by atoms with Gasteiger partial charge in [-0.3, -0.25) is 4.79 Å². The predicted molar refractivity (Wildman–Crippen MR) is 46.1 cm³/mol. The van der Waals surface area contributed by atoms with Gasteiger partial charge in [0.05, 0.1) is 18.1 Å². The summed E-state index contributed by atoms with van der Waals surface area (Å²) in [5, 5.41) is 0. The van der Waals surface area contributed by atoms with Crippen LogP contribution < -0.4 is 0 Å². The number of esters is 1. The summed E-state index contributed by atoms with van der Waals surface area (Å²) < 4.78 is 4.63. The molecule has 0 aliphatic heterocycles. The van der Waals surface area contributed by atoms with Crippen molar-refractivity contribution in [1.82, 2.24) is 0 Å². The van der Waals surface area contributed by atoms with Gasteiger partial charge in [-0.15, -0.1) is 11.6 Å². The summed E-state index contributed by atoms with van der Waals surface area (Å²) in [7, 11) is 0. The summed E-state index contributed by atoms with van der Waals surface area (Å²) in [5.74, 6) is -1.21. The highest BCUT2D eigenvalue weighted by molar-refractivity contribution is 6.34. The Balaban J connectivity index is 4.37. The van der Waals surface area contributed by atoms with E-state index in [2.05, 4.69) is 4.74 Å². The van der Waals surface area contributed by atoms with Gasteiger partial charge in [-0.25, -0.2) is 4.79 Å². The molecule has 0 aliphatic carbocycles. The van der Waals surface area contributed by atoms with Crippen molar-refractivity contribution in [3.63, 3.8) is 0 Å². The molecule has 4 heteroatoms. The van der Waals surface area contributed by atoms with E-state index in [4.69, 9.17) is 11.6 Å². The normalized spacial score (nSPS) is 11.1. The van der Waals surface area contributed by atoms with E-state index < -0.39 is 11.8 Å². The zero-order valence-electron chi connectivity index (χ0n) is 7.09. The maximum Gasteiger partial charge on any atom is 0.341 e. The van der Waals surface area contributed by atoms with Crippen molar-refractivity contribution in [2.24, 2.45) is 0 Å². The van der Waals surface area contributed by atoms with Crippen molar-refractivity contribution in [1.29, 1.82) is 0 Å². The third kappa shape index (κ3) is 3.05. The Labute approximate surface area is 76.3 Å². The molecular formula is C8H11ClO3. The van der Waals surface area contributed by atoms with Crippen LogP contribution in [0.5, 0.6) is 0 Å². The zero-order valence-corrected chi connectivity index (χ0v) is 7.85. The van der Waals surface area contributed by atoms with Gasteiger partial charge < -0.3 is 4.74 Å². The summed E-state index contributed by atoms with van der Waals surface area (Å²) in [4.78, 5) is 22.0. The first-order valence-corrected chi connectivity index (χ1v) is 4.13. The quantitative estimate of drug-likeness (QED) is 0.221. The number of ketones is 1. The average molecular weight is 191 g/mol. The summed E-state index contributed by atoms with van der Waals surface area (Å²) in [6.07, 6.45) is 1.41. The Hall–Kier alpha value is -0.830. The first-order valence-electron chi connectivity index (χ1n) is 3.59. The number of rotatable bonds is 4. The number of carbonyl (C=O) groups excluding carboxylic acids is 2. The first-order chi connectivity index (χ1) is 5.67. The molecule has 0 aromatic rings. The summed E-state index contributed by atoms with van der Waals surface area (Å²) in [6, 6.07) is 0. The van der Waals surface area contributed by atoms with Gasteiger partial charge >= 0.3 is 5.97 Å². The van der Waals surface area contributed by atoms with E-state index in [9.17, 15) is 9.59 Å². The second-order valence-corrected chi connectivity index (χ2v) is 2.25. The monoisotopic (exact) mass is 190 g/mol. The number of carbonyl (C=O) groups is 2. The van der Waals surface area contributed by atoms with Gasteiger partial charge in [0, 0.05) is 0 Å². The van der Waals surface area contributed by atoms with Crippen LogP contribution >= 0.6 is 11.6 Å². The van der Waals surface area contributed by atoms with E-state index in [-0.39, 0.29) is 18.1 Å². The van der Waals surface area contributed by atoms with Gasteiger partial charge in [-0.1, -0.05) is 6.08 Å². The van der Waals surface area contributed by atoms with E-state index in [1.54, 1.807) is 13.8 Å². The lowest BCUT2D eigenvalue weighted by Crippen LogP contribution is -2.16. The molecule has 0 atom stereocenters. The molecule has 0 rings (SSSR count). The van der Waals surface area contributed by atoms with E-state index >= 15 is 0 Å². The van der Waals surface area contributed by atoms with Crippen molar-refractivity contribution >= 4 is 23.4 Å². The highest BCUT2D eigenvalue weighted by atomic mass is 35.5. The second kappa shape index (κ2) is 5.77. The highest BCUT2D eigenvalue weighted by Crippen LogP contribution is 2.01. The molecule has 0 amide bonds. The molecule has 0 aromatic heterocycles. The van der Waals surface area contributed by atoms with E-state index in [1.807, 2.05) is 0 Å². The highest BCUT2D eigenvalue weighted by Gasteiger charge is 2.16. The molecular weight excluding hydrogens is 180 g/mol. The predicted octanol–water partition coefficient (Wildman–Crippen LogP) is 1.30. The molecule has 68 valence electrons. The van der Waals surface area contributed by atoms with Gasteiger partial charge in [0.1, 0.15) is 0 Å². The second-order valence-electron chi connectivity index (χ2n) is 1.98. The molecule has 0 spiro atoms. The third-order valence-corrected chi connectivity index (χ3v) is 1.45. The number of Topliss-reactive ketones (excluding diaryl/α,β-unsaturated/α-hetero) is 1. The molecule has 0 unspecified atom stereocenters. The Morgan fingerprint density at radius 3 is 2.42 bits per heavy atom. The molecule has 0 aliphatic rings. The van der Waals surface area contributed by atoms with Gasteiger partial charge in [-0.05, 0) is 13.8 Å². The van der Waals surface area contributed by atoms with Crippen LogP contribution in [0.1, 0.15) is 13.8 Å². The van der Waals surface area contributed by atoms with Crippen molar-refractivity contribution in [2.45, 2.75) is 13.8 Å². The molecule has 0 radical (unpaired) electrons. The summed E-state index contributed by atoms with van der Waals surface area (Å²) in [6.45, 7) is 3.53. The largest absolute Gasteiger partial charge is 0.462 e. The van der Waals surface area contributed by atoms with Crippen LogP contribution in [0.15, 0.2) is 11.6 Å². The fourth-order valence-electron chi connectivity index (χ4n) is 0.674. The number of hydrogen-bond donors (Lipinski definition) is 0. The minimum atomic E-state index is -0.606. The number of ether oxygens (including phenoxy) is 1. The number of allylic oxidation sites excluding steroid dienone is 1. The standard InChI is InChI=1S/C8H11ClO3/c1-3-6(7(10)5-9)8(11)12-4-2/h3H,4-5H2,1-2H3/b6-3-. The maximum atomic E-state index is 11.0. The van der Waals surface area contributed by atoms with E-state index in [1.165, 1.54) is 6.08 Å². The van der Waals surface area contributed by atoms with Gasteiger partial charge in [0.25, 0.3) is 0 Å². The minimum absolute atomic E-state index is 0.0202. The number of alkyl halides is 1. The zero-order chi connectivity index (χ0) is 9.56. The van der Waals surface area contributed by atoms with Crippen molar-refractivity contribution in [3.8, 4) is 0 Å². The molecule has 12 heavy (non-hydrogen) atoms. The van der Waals surface area contributed by atoms with Crippen LogP contribution in [-0.4, -0.2) is 24.2 Å². The van der Waals surface area contributed by atoms with Gasteiger partial charge in [0.2, 0.25) is 0 Å². The van der Waals surface area contributed by atoms with Crippen LogP contribution in [0.2, 0.25) is 0 Å². The Morgan fingerprint density at radius 1 is 1.50 bits per heavy atom. The molecule has 0 fully saturated rings. The van der Waals surface area contributed by atoms with Crippen LogP contribution in [-0.2, 0) is 14.3 Å². The first kappa shape index (κ1) is 11.2. The maximum absolute atomic E-state index is 11.0. The lowest BCUT2D eigenvalue weighted by Gasteiger charge is -2.02. The lowest BCUT2D eigenvalue weighted by atomic mass is 10.2. The molecule has 0 aromatic carbocycles. The van der Waals surface area contributed by atoms with Crippen molar-refractivity contribution in [2.75, 3.05) is 12.5 Å². The van der Waals surface area contributed by atoms with Crippen LogP contribution in [0, 0.1) is 0 Å². The molecule has 0 heterocycles. The van der Waals surface area contributed by atoms with E-state index in [0.717, 1.165) is 0 Å². The number of hydrogen-bond acceptors (Lipinski definition) is 3. The van der Waals surface area contributed by atoms with Crippen LogP contribution in [0.3, 0.4) is 0 Å². The minimum Gasteiger partial charge on any atom is -0.462 e. The van der Waals surface area contributed by atoms with Crippen LogP contribution in [0.25, 0.3) is 0 Å². The summed E-state index contributed by atoms with van der Waals surface area (Å²) in [5.41, 5.74) is 0.0202. The fourth-order valence-corrected chi connectivity index (χ4v) is 0.817. The molecule has 3 nitrogen and oxygen atoms in total. The van der Waals surface area contributed by atoms with E-state index in [0.29, 0.717) is 0 Å².